The van der Waals surface area contributed by atoms with Gasteiger partial charge in [-0.3, -0.25) is 9.59 Å². The highest BCUT2D eigenvalue weighted by atomic mass is 16.1. The number of ketones is 2. The molecule has 0 fully saturated rings. The molecule has 3 heteroatoms. The average molecular weight is 317 g/mol. The van der Waals surface area contributed by atoms with Crippen LogP contribution < -0.4 is 0 Å². The van der Waals surface area contributed by atoms with Crippen molar-refractivity contribution in [2.24, 2.45) is 0 Å². The molecule has 0 spiro atoms. The molecule has 2 rings (SSSR count). The summed E-state index contributed by atoms with van der Waals surface area (Å²) in [6, 6.07) is 11.4. The molecule has 0 saturated heterocycles. The molecule has 1 aromatic carbocycles. The predicted octanol–water partition coefficient (Wildman–Crippen LogP) is 5.87. The van der Waals surface area contributed by atoms with Crippen LogP contribution in [0.1, 0.15) is 71.8 Å². The van der Waals surface area contributed by atoms with Gasteiger partial charge in [-0.15, -0.1) is 0 Å². The van der Waals surface area contributed by atoms with Gasteiger partial charge in [0.2, 0.25) is 0 Å². The SMILES string of the molecule is CC.CC.CC(=O)c1ccc2ccccc2n1.CCC(=O)CC. The fourth-order valence-electron chi connectivity index (χ4n) is 1.51. The number of aromatic nitrogens is 1. The van der Waals surface area contributed by atoms with Crippen LogP contribution in [0, 0.1) is 0 Å². The maximum Gasteiger partial charge on any atom is 0.178 e. The summed E-state index contributed by atoms with van der Waals surface area (Å²) in [5.41, 5.74) is 1.40. The number of hydrogen-bond donors (Lipinski definition) is 0. The standard InChI is InChI=1S/C11H9NO.C5H10O.2C2H6/c1-8(13)10-7-6-9-4-2-3-5-11(9)12-10;1-3-5(6)4-2;2*1-2/h2-7H,1H3;3-4H2,1-2H3;2*1-2H3. The topological polar surface area (TPSA) is 47.0 Å². The predicted molar refractivity (Wildman–Crippen MR) is 100 cm³/mol. The molecular formula is C20H31NO2. The van der Waals surface area contributed by atoms with E-state index in [1.165, 1.54) is 6.92 Å². The van der Waals surface area contributed by atoms with E-state index in [0.717, 1.165) is 10.9 Å². The Morgan fingerprint density at radius 1 is 0.870 bits per heavy atom. The van der Waals surface area contributed by atoms with Crippen molar-refractivity contribution in [2.45, 2.75) is 61.3 Å². The van der Waals surface area contributed by atoms with Gasteiger partial charge in [0.15, 0.2) is 5.78 Å². The number of pyridine rings is 1. The van der Waals surface area contributed by atoms with E-state index in [0.29, 0.717) is 24.3 Å². The van der Waals surface area contributed by atoms with E-state index in [9.17, 15) is 9.59 Å². The molecule has 0 atom stereocenters. The lowest BCUT2D eigenvalue weighted by molar-refractivity contribution is -0.118. The lowest BCUT2D eigenvalue weighted by atomic mass is 10.2. The number of para-hydroxylation sites is 1. The third kappa shape index (κ3) is 9.56. The molecule has 23 heavy (non-hydrogen) atoms. The Labute approximate surface area is 141 Å². The van der Waals surface area contributed by atoms with Gasteiger partial charge < -0.3 is 0 Å². The first-order valence-electron chi connectivity index (χ1n) is 8.46. The van der Waals surface area contributed by atoms with Crippen molar-refractivity contribution in [2.75, 3.05) is 0 Å². The number of Topliss-reactive ketones (excluding diaryl/α,β-unsaturated/α-hetero) is 2. The summed E-state index contributed by atoms with van der Waals surface area (Å²) in [4.78, 5) is 25.4. The molecule has 0 unspecified atom stereocenters. The zero-order valence-corrected chi connectivity index (χ0v) is 15.6. The van der Waals surface area contributed by atoms with Crippen molar-refractivity contribution in [1.29, 1.82) is 0 Å². The van der Waals surface area contributed by atoms with E-state index in [1.54, 1.807) is 6.07 Å². The van der Waals surface area contributed by atoms with E-state index in [2.05, 4.69) is 4.98 Å². The van der Waals surface area contributed by atoms with E-state index in [1.807, 2.05) is 71.9 Å². The van der Waals surface area contributed by atoms with Crippen molar-refractivity contribution in [3.05, 3.63) is 42.1 Å². The van der Waals surface area contributed by atoms with Crippen LogP contribution in [0.3, 0.4) is 0 Å². The Balaban J connectivity index is 0. The third-order valence-corrected chi connectivity index (χ3v) is 2.75. The molecule has 3 nitrogen and oxygen atoms in total. The third-order valence-electron chi connectivity index (χ3n) is 2.75. The summed E-state index contributed by atoms with van der Waals surface area (Å²) >= 11 is 0. The molecule has 0 N–H and O–H groups in total. The van der Waals surface area contributed by atoms with E-state index < -0.39 is 0 Å². The first-order chi connectivity index (χ1) is 11.1. The number of nitrogens with zero attached hydrogens (tertiary/aromatic N) is 1. The molecule has 1 aromatic heterocycles. The van der Waals surface area contributed by atoms with Crippen LogP contribution in [-0.2, 0) is 4.79 Å². The van der Waals surface area contributed by atoms with Crippen LogP contribution in [0.5, 0.6) is 0 Å². The van der Waals surface area contributed by atoms with Gasteiger partial charge in [0.05, 0.1) is 5.52 Å². The first-order valence-corrected chi connectivity index (χ1v) is 8.46. The lowest BCUT2D eigenvalue weighted by Gasteiger charge is -1.98. The molecule has 0 bridgehead atoms. The highest BCUT2D eigenvalue weighted by Gasteiger charge is 2.00. The maximum absolute atomic E-state index is 11.0. The number of carbonyl (C=O) groups is 2. The Bertz CT molecular complexity index is 571. The molecule has 0 aliphatic rings. The molecule has 128 valence electrons. The minimum Gasteiger partial charge on any atom is -0.300 e. The second kappa shape index (κ2) is 14.9. The summed E-state index contributed by atoms with van der Waals surface area (Å²) in [6.07, 6.45) is 1.38. The van der Waals surface area contributed by atoms with Crippen molar-refractivity contribution in [3.8, 4) is 0 Å². The second-order valence-corrected chi connectivity index (χ2v) is 4.19. The summed E-state index contributed by atoms with van der Waals surface area (Å²) < 4.78 is 0. The van der Waals surface area contributed by atoms with E-state index in [-0.39, 0.29) is 5.78 Å². The minimum absolute atomic E-state index is 0.00533. The number of carbonyl (C=O) groups excluding carboxylic acids is 2. The van der Waals surface area contributed by atoms with Crippen LogP contribution in [0.2, 0.25) is 0 Å². The summed E-state index contributed by atoms with van der Waals surface area (Å²) in [5, 5.41) is 1.06. The van der Waals surface area contributed by atoms with Gasteiger partial charge in [-0.1, -0.05) is 65.8 Å². The van der Waals surface area contributed by atoms with Gasteiger partial charge in [0, 0.05) is 25.2 Å². The van der Waals surface area contributed by atoms with Crippen molar-refractivity contribution in [3.63, 3.8) is 0 Å². The largest absolute Gasteiger partial charge is 0.300 e. The van der Waals surface area contributed by atoms with Gasteiger partial charge >= 0.3 is 0 Å². The molecule has 2 aromatic rings. The summed E-state index contributed by atoms with van der Waals surface area (Å²) in [7, 11) is 0. The smallest absolute Gasteiger partial charge is 0.178 e. The van der Waals surface area contributed by atoms with Crippen molar-refractivity contribution in [1.82, 2.24) is 4.98 Å². The molecule has 0 aliphatic heterocycles. The minimum atomic E-state index is 0.00533. The fraction of sp³-hybridized carbons (Fsp3) is 0.450. The van der Waals surface area contributed by atoms with Crippen LogP contribution in [0.25, 0.3) is 10.9 Å². The van der Waals surface area contributed by atoms with Gasteiger partial charge in [-0.2, -0.15) is 0 Å². The number of rotatable bonds is 3. The Kier molecular flexibility index (Phi) is 15.0. The van der Waals surface area contributed by atoms with E-state index >= 15 is 0 Å². The van der Waals surface area contributed by atoms with Crippen LogP contribution in [0.15, 0.2) is 36.4 Å². The first kappa shape index (κ1) is 23.2. The highest BCUT2D eigenvalue weighted by Crippen LogP contribution is 2.11. The van der Waals surface area contributed by atoms with Crippen molar-refractivity contribution < 1.29 is 9.59 Å². The molecule has 0 aliphatic carbocycles. The Morgan fingerprint density at radius 3 is 1.83 bits per heavy atom. The summed E-state index contributed by atoms with van der Waals surface area (Å²) in [6.45, 7) is 13.3. The normalized spacial score (nSPS) is 8.48. The molecule has 0 radical (unpaired) electrons. The molecule has 0 saturated carbocycles. The Hall–Kier alpha value is -2.03. The molecule has 1 heterocycles. The lowest BCUT2D eigenvalue weighted by Crippen LogP contribution is -1.95. The average Bonchev–Trinajstić information content (AvgIpc) is 2.64. The second-order valence-electron chi connectivity index (χ2n) is 4.19. The quantitative estimate of drug-likeness (QED) is 0.665. The van der Waals surface area contributed by atoms with Crippen LogP contribution in [-0.4, -0.2) is 16.6 Å². The monoisotopic (exact) mass is 317 g/mol. The van der Waals surface area contributed by atoms with Gasteiger partial charge in [-0.05, 0) is 12.1 Å². The highest BCUT2D eigenvalue weighted by molar-refractivity contribution is 5.94. The van der Waals surface area contributed by atoms with Crippen LogP contribution >= 0.6 is 0 Å². The van der Waals surface area contributed by atoms with Crippen molar-refractivity contribution >= 4 is 22.5 Å². The zero-order valence-electron chi connectivity index (χ0n) is 15.6. The number of hydrogen-bond acceptors (Lipinski definition) is 3. The molecule has 0 amide bonds. The van der Waals surface area contributed by atoms with Gasteiger partial charge in [0.25, 0.3) is 0 Å². The Morgan fingerprint density at radius 2 is 1.39 bits per heavy atom. The van der Waals surface area contributed by atoms with Crippen LogP contribution in [0.4, 0.5) is 0 Å². The molecular weight excluding hydrogens is 286 g/mol. The number of benzene rings is 1. The maximum atomic E-state index is 11.0. The fourth-order valence-corrected chi connectivity index (χ4v) is 1.51. The zero-order chi connectivity index (χ0) is 18.3. The number of fused-ring (bicyclic) bond motifs is 1. The van der Waals surface area contributed by atoms with Gasteiger partial charge in [-0.25, -0.2) is 4.98 Å². The summed E-state index contributed by atoms with van der Waals surface area (Å²) in [5.74, 6) is 0.348. The van der Waals surface area contributed by atoms with Gasteiger partial charge in [0.1, 0.15) is 11.5 Å². The van der Waals surface area contributed by atoms with E-state index in [4.69, 9.17) is 0 Å².